The largest absolute Gasteiger partial charge is 0.417 e. The predicted molar refractivity (Wildman–Crippen MR) is 135 cm³/mol. The third-order valence-corrected chi connectivity index (χ3v) is 8.10. The number of hydrogen-bond donors (Lipinski definition) is 3. The van der Waals surface area contributed by atoms with Crippen molar-refractivity contribution >= 4 is 29.0 Å². The number of aromatic nitrogens is 2. The summed E-state index contributed by atoms with van der Waals surface area (Å²) >= 11 is 0.378. The molecule has 0 aromatic carbocycles. The smallest absolute Gasteiger partial charge is 0.389 e. The third-order valence-electron chi connectivity index (χ3n) is 7.01. The lowest BCUT2D eigenvalue weighted by molar-refractivity contribution is -0.182. The minimum absolute atomic E-state index is 0.188. The van der Waals surface area contributed by atoms with Crippen molar-refractivity contribution in [2.24, 2.45) is 5.41 Å². The second-order valence-electron chi connectivity index (χ2n) is 11.3. The first-order valence-corrected chi connectivity index (χ1v) is 13.5. The van der Waals surface area contributed by atoms with E-state index in [0.29, 0.717) is 23.6 Å². The number of thiazole rings is 1. The van der Waals surface area contributed by atoms with Gasteiger partial charge in [-0.3, -0.25) is 9.59 Å². The van der Waals surface area contributed by atoms with Gasteiger partial charge in [-0.2, -0.15) is 26.3 Å². The van der Waals surface area contributed by atoms with E-state index in [-0.39, 0.29) is 19.4 Å². The van der Waals surface area contributed by atoms with Crippen molar-refractivity contribution in [3.63, 3.8) is 0 Å². The zero-order valence-corrected chi connectivity index (χ0v) is 23.3. The van der Waals surface area contributed by atoms with Gasteiger partial charge in [0.1, 0.15) is 11.5 Å². The first kappa shape index (κ1) is 31.8. The van der Waals surface area contributed by atoms with Gasteiger partial charge in [-0.15, -0.1) is 11.3 Å². The summed E-state index contributed by atoms with van der Waals surface area (Å²) in [5.74, 6) is -5.83. The van der Waals surface area contributed by atoms with Gasteiger partial charge in [-0.05, 0) is 39.7 Å². The molecule has 8 nitrogen and oxygen atoms in total. The lowest BCUT2D eigenvalue weighted by atomic mass is 10.1. The Morgan fingerprint density at radius 1 is 1.17 bits per heavy atom. The van der Waals surface area contributed by atoms with Gasteiger partial charge in [0.2, 0.25) is 0 Å². The topological polar surface area (TPSA) is 107 Å². The van der Waals surface area contributed by atoms with Crippen LogP contribution in [0.4, 0.5) is 40.9 Å². The number of amides is 2. The van der Waals surface area contributed by atoms with Gasteiger partial charge >= 0.3 is 12.4 Å². The first-order valence-electron chi connectivity index (χ1n) is 12.7. The lowest BCUT2D eigenvalue weighted by Gasteiger charge is -2.21. The normalized spacial score (nSPS) is 20.0. The van der Waals surface area contributed by atoms with E-state index >= 15 is 0 Å². The summed E-state index contributed by atoms with van der Waals surface area (Å²) in [6, 6.07) is -0.513. The molecule has 0 spiro atoms. The Bertz CT molecular complexity index is 1370. The van der Waals surface area contributed by atoms with E-state index in [9.17, 15) is 49.8 Å². The lowest BCUT2D eigenvalue weighted by Crippen LogP contribution is -2.38. The van der Waals surface area contributed by atoms with Gasteiger partial charge in [0.25, 0.3) is 17.7 Å². The van der Waals surface area contributed by atoms with E-state index in [1.165, 1.54) is 20.8 Å². The number of nitrogens with zero attached hydrogens (tertiary/aromatic N) is 3. The van der Waals surface area contributed by atoms with Crippen LogP contribution in [0.15, 0.2) is 12.3 Å². The molecule has 4 rings (SSSR count). The maximum absolute atomic E-state index is 14.3. The van der Waals surface area contributed by atoms with Gasteiger partial charge in [0, 0.05) is 37.3 Å². The molecule has 0 radical (unpaired) electrons. The van der Waals surface area contributed by atoms with Crippen molar-refractivity contribution in [1.29, 1.82) is 0 Å². The van der Waals surface area contributed by atoms with Gasteiger partial charge in [-0.1, -0.05) is 0 Å². The van der Waals surface area contributed by atoms with Crippen LogP contribution in [0.2, 0.25) is 0 Å². The van der Waals surface area contributed by atoms with Crippen molar-refractivity contribution in [1.82, 2.24) is 20.2 Å². The van der Waals surface area contributed by atoms with Gasteiger partial charge in [0.05, 0.1) is 28.0 Å². The number of carbonyl (C=O) groups is 2. The molecular weight excluding hydrogens is 602 g/mol. The van der Waals surface area contributed by atoms with E-state index < -0.39 is 99.2 Å². The van der Waals surface area contributed by atoms with Crippen molar-refractivity contribution in [2.75, 3.05) is 25.0 Å². The van der Waals surface area contributed by atoms with Crippen LogP contribution in [0.5, 0.6) is 0 Å². The van der Waals surface area contributed by atoms with E-state index in [4.69, 9.17) is 0 Å². The molecule has 0 bridgehead atoms. The van der Waals surface area contributed by atoms with Crippen molar-refractivity contribution < 1.29 is 49.8 Å². The summed E-state index contributed by atoms with van der Waals surface area (Å²) in [6.07, 6.45) is -10.0. The molecule has 42 heavy (non-hydrogen) atoms. The third kappa shape index (κ3) is 6.76. The Hall–Kier alpha value is -3.08. The number of anilines is 1. The Morgan fingerprint density at radius 3 is 2.31 bits per heavy atom. The SMILES string of the molecule is CC1CC(F)(F)CN1C(=O)c1nc(C(=O)NCC(C)(C)O)sc1-c1cnc(NCC2(C(F)(F)F)CC2)cc1C(F)(F)F. The van der Waals surface area contributed by atoms with Crippen molar-refractivity contribution in [2.45, 2.75) is 70.0 Å². The van der Waals surface area contributed by atoms with Crippen LogP contribution in [-0.2, 0) is 6.18 Å². The molecule has 2 amide bonds. The van der Waals surface area contributed by atoms with Crippen LogP contribution in [0, 0.1) is 5.41 Å². The zero-order chi connectivity index (χ0) is 31.5. The Kier molecular flexibility index (Phi) is 8.02. The average molecular weight is 630 g/mol. The predicted octanol–water partition coefficient (Wildman–Crippen LogP) is 5.35. The number of alkyl halides is 8. The van der Waals surface area contributed by atoms with Gasteiger partial charge in [-0.25, -0.2) is 18.7 Å². The van der Waals surface area contributed by atoms with Crippen LogP contribution < -0.4 is 10.6 Å². The van der Waals surface area contributed by atoms with Crippen LogP contribution in [-0.4, -0.2) is 75.2 Å². The first-order chi connectivity index (χ1) is 19.1. The molecule has 2 fully saturated rings. The number of carbonyl (C=O) groups excluding carboxylic acids is 2. The number of likely N-dealkylation sites (tertiary alicyclic amines) is 1. The highest BCUT2D eigenvalue weighted by atomic mass is 32.1. The number of hydrogen-bond acceptors (Lipinski definition) is 7. The monoisotopic (exact) mass is 629 g/mol. The fraction of sp³-hybridized carbons (Fsp3) is 0.600. The molecule has 3 heterocycles. The van der Waals surface area contributed by atoms with Crippen molar-refractivity contribution in [3.8, 4) is 10.4 Å². The molecule has 2 aromatic rings. The molecule has 232 valence electrons. The van der Waals surface area contributed by atoms with E-state index in [0.717, 1.165) is 4.90 Å². The number of halogens is 8. The molecule has 1 aliphatic heterocycles. The Labute approximate surface area is 238 Å². The standard InChI is InChI=1S/C25H27F8N5O3S/c1-12-7-23(26,27)11-38(12)20(40)16-17(42-19(37-16)18(39)36-9-21(2,3)41)13-8-34-15(6-14(13)24(28,29)30)35-10-22(4-5-22)25(31,32)33/h6,8,12,41H,4-5,7,9-11H2,1-3H3,(H,34,35)(H,36,39). The maximum atomic E-state index is 14.3. The van der Waals surface area contributed by atoms with Gasteiger partial charge < -0.3 is 20.6 Å². The second-order valence-corrected chi connectivity index (χ2v) is 12.3. The van der Waals surface area contributed by atoms with Crippen molar-refractivity contribution in [3.05, 3.63) is 28.5 Å². The molecule has 3 N–H and O–H groups in total. The Morgan fingerprint density at radius 2 is 1.81 bits per heavy atom. The summed E-state index contributed by atoms with van der Waals surface area (Å²) in [7, 11) is 0. The average Bonchev–Trinajstić information content (AvgIpc) is 3.45. The minimum Gasteiger partial charge on any atom is -0.389 e. The van der Waals surface area contributed by atoms with Crippen LogP contribution in [0.25, 0.3) is 10.4 Å². The fourth-order valence-corrected chi connectivity index (χ4v) is 5.47. The van der Waals surface area contributed by atoms with Gasteiger partial charge in [0.15, 0.2) is 5.01 Å². The number of rotatable bonds is 8. The van der Waals surface area contributed by atoms with Crippen LogP contribution in [0.1, 0.15) is 65.9 Å². The zero-order valence-electron chi connectivity index (χ0n) is 22.5. The highest BCUT2D eigenvalue weighted by Gasteiger charge is 2.63. The molecule has 1 saturated carbocycles. The number of aliphatic hydroxyl groups is 1. The quantitative estimate of drug-likeness (QED) is 0.340. The van der Waals surface area contributed by atoms with E-state index in [1.54, 1.807) is 0 Å². The molecule has 1 saturated heterocycles. The highest BCUT2D eigenvalue weighted by molar-refractivity contribution is 7.17. The maximum Gasteiger partial charge on any atom is 0.417 e. The molecular formula is C25H27F8N5O3S. The highest BCUT2D eigenvalue weighted by Crippen LogP contribution is 2.57. The summed E-state index contributed by atoms with van der Waals surface area (Å²) in [4.78, 5) is 34.1. The molecule has 1 atom stereocenters. The number of pyridine rings is 1. The van der Waals surface area contributed by atoms with E-state index in [1.807, 2.05) is 0 Å². The fourth-order valence-electron chi connectivity index (χ4n) is 4.48. The minimum atomic E-state index is -5.10. The van der Waals surface area contributed by atoms with Crippen LogP contribution >= 0.6 is 11.3 Å². The molecule has 17 heteroatoms. The molecule has 2 aliphatic rings. The summed E-state index contributed by atoms with van der Waals surface area (Å²) < 4.78 is 111. The number of nitrogens with one attached hydrogen (secondary N) is 2. The van der Waals surface area contributed by atoms with Crippen LogP contribution in [0.3, 0.4) is 0 Å². The molecule has 1 aliphatic carbocycles. The Balaban J connectivity index is 1.75. The second kappa shape index (κ2) is 10.6. The summed E-state index contributed by atoms with van der Waals surface area (Å²) in [5, 5.41) is 14.1. The molecule has 2 aromatic heterocycles. The molecule has 1 unspecified atom stereocenters. The van der Waals surface area contributed by atoms with E-state index in [2.05, 4.69) is 20.6 Å². The summed E-state index contributed by atoms with van der Waals surface area (Å²) in [5.41, 5.74) is -6.24. The summed E-state index contributed by atoms with van der Waals surface area (Å²) in [6.45, 7) is 2.09.